The maximum absolute atomic E-state index is 12.6. The zero-order chi connectivity index (χ0) is 14.9. The van der Waals surface area contributed by atoms with Crippen molar-refractivity contribution in [1.82, 2.24) is 14.8 Å². The molecule has 108 valence electrons. The molecule has 0 spiro atoms. The minimum Gasteiger partial charge on any atom is -0.268 e. The second-order valence-corrected chi connectivity index (χ2v) is 4.88. The minimum absolute atomic E-state index is 0.0566. The van der Waals surface area contributed by atoms with Gasteiger partial charge in [0.15, 0.2) is 0 Å². The van der Waals surface area contributed by atoms with E-state index in [2.05, 4.69) is 10.2 Å². The first-order valence-corrected chi connectivity index (χ1v) is 6.57. The van der Waals surface area contributed by atoms with Gasteiger partial charge in [0.1, 0.15) is 5.82 Å². The molecule has 0 N–H and O–H groups in total. The SMILES string of the molecule is CCCc1nnc(Cl)n1-c1ccc(C(F)(F)F)cc1Cl. The van der Waals surface area contributed by atoms with E-state index in [1.54, 1.807) is 0 Å². The molecule has 3 nitrogen and oxygen atoms in total. The summed E-state index contributed by atoms with van der Waals surface area (Å²) >= 11 is 11.9. The molecular weight excluding hydrogens is 314 g/mol. The van der Waals surface area contributed by atoms with E-state index in [0.29, 0.717) is 17.9 Å². The highest BCUT2D eigenvalue weighted by Crippen LogP contribution is 2.34. The summed E-state index contributed by atoms with van der Waals surface area (Å²) in [6.45, 7) is 1.95. The first-order chi connectivity index (χ1) is 9.34. The van der Waals surface area contributed by atoms with Gasteiger partial charge in [0.2, 0.25) is 5.28 Å². The van der Waals surface area contributed by atoms with E-state index in [4.69, 9.17) is 23.2 Å². The molecule has 0 aliphatic heterocycles. The van der Waals surface area contributed by atoms with Crippen LogP contribution in [0.25, 0.3) is 5.69 Å². The summed E-state index contributed by atoms with van der Waals surface area (Å²) in [5.74, 6) is 0.555. The van der Waals surface area contributed by atoms with Gasteiger partial charge in [-0.2, -0.15) is 13.2 Å². The fraction of sp³-hybridized carbons (Fsp3) is 0.333. The van der Waals surface area contributed by atoms with E-state index in [9.17, 15) is 13.2 Å². The quantitative estimate of drug-likeness (QED) is 0.829. The van der Waals surface area contributed by atoms with Crippen LogP contribution in [0.5, 0.6) is 0 Å². The Morgan fingerprint density at radius 2 is 1.90 bits per heavy atom. The highest BCUT2D eigenvalue weighted by atomic mass is 35.5. The topological polar surface area (TPSA) is 30.7 Å². The molecule has 0 saturated carbocycles. The van der Waals surface area contributed by atoms with Crippen molar-refractivity contribution in [2.75, 3.05) is 0 Å². The van der Waals surface area contributed by atoms with Crippen LogP contribution in [0.15, 0.2) is 18.2 Å². The van der Waals surface area contributed by atoms with Crippen LogP contribution in [0.4, 0.5) is 13.2 Å². The lowest BCUT2D eigenvalue weighted by atomic mass is 10.2. The summed E-state index contributed by atoms with van der Waals surface area (Å²) in [6, 6.07) is 3.08. The predicted molar refractivity (Wildman–Crippen MR) is 70.4 cm³/mol. The maximum atomic E-state index is 12.6. The smallest absolute Gasteiger partial charge is 0.268 e. The molecule has 0 saturated heterocycles. The molecule has 0 bridgehead atoms. The third kappa shape index (κ3) is 2.91. The van der Waals surface area contributed by atoms with E-state index < -0.39 is 11.7 Å². The van der Waals surface area contributed by atoms with E-state index in [1.165, 1.54) is 10.6 Å². The van der Waals surface area contributed by atoms with Crippen LogP contribution >= 0.6 is 23.2 Å². The maximum Gasteiger partial charge on any atom is 0.416 e. The molecule has 0 amide bonds. The number of nitrogens with zero attached hydrogens (tertiary/aromatic N) is 3. The van der Waals surface area contributed by atoms with Crippen LogP contribution in [0.1, 0.15) is 24.7 Å². The molecule has 2 aromatic rings. The van der Waals surface area contributed by atoms with Gasteiger partial charge in [0, 0.05) is 6.42 Å². The van der Waals surface area contributed by atoms with Gasteiger partial charge in [-0.05, 0) is 36.2 Å². The van der Waals surface area contributed by atoms with Crippen molar-refractivity contribution in [2.24, 2.45) is 0 Å². The third-order valence-electron chi connectivity index (χ3n) is 2.68. The Morgan fingerprint density at radius 3 is 2.45 bits per heavy atom. The zero-order valence-corrected chi connectivity index (χ0v) is 11.9. The first-order valence-electron chi connectivity index (χ1n) is 5.81. The number of rotatable bonds is 3. The predicted octanol–water partition coefficient (Wildman–Crippen LogP) is 4.55. The highest BCUT2D eigenvalue weighted by Gasteiger charge is 2.31. The summed E-state index contributed by atoms with van der Waals surface area (Å²) in [5, 5.41) is 7.62. The molecule has 0 radical (unpaired) electrons. The second-order valence-electron chi connectivity index (χ2n) is 4.13. The van der Waals surface area contributed by atoms with Gasteiger partial charge in [-0.1, -0.05) is 18.5 Å². The standard InChI is InChI=1S/C12H10Cl2F3N3/c1-2-3-10-18-19-11(14)20(10)9-5-4-7(6-8(9)13)12(15,16)17/h4-6H,2-3H2,1H3. The van der Waals surface area contributed by atoms with Crippen LogP contribution in [-0.2, 0) is 12.6 Å². The Bertz CT molecular complexity index is 623. The Balaban J connectivity index is 2.51. The van der Waals surface area contributed by atoms with E-state index in [0.717, 1.165) is 18.6 Å². The summed E-state index contributed by atoms with van der Waals surface area (Å²) < 4.78 is 39.3. The third-order valence-corrected chi connectivity index (χ3v) is 3.23. The molecule has 0 unspecified atom stereocenters. The minimum atomic E-state index is -4.44. The number of aryl methyl sites for hydroxylation is 1. The Hall–Kier alpha value is -1.27. The first kappa shape index (κ1) is 15.1. The van der Waals surface area contributed by atoms with Crippen molar-refractivity contribution in [3.8, 4) is 5.69 Å². The lowest BCUT2D eigenvalue weighted by molar-refractivity contribution is -0.137. The lowest BCUT2D eigenvalue weighted by Crippen LogP contribution is -2.07. The van der Waals surface area contributed by atoms with Crippen LogP contribution in [0.3, 0.4) is 0 Å². The normalized spacial score (nSPS) is 11.9. The van der Waals surface area contributed by atoms with Gasteiger partial charge in [0.25, 0.3) is 0 Å². The van der Waals surface area contributed by atoms with Crippen molar-refractivity contribution in [2.45, 2.75) is 25.9 Å². The van der Waals surface area contributed by atoms with Crippen molar-refractivity contribution >= 4 is 23.2 Å². The molecule has 0 atom stereocenters. The van der Waals surface area contributed by atoms with Gasteiger partial charge in [-0.3, -0.25) is 4.57 Å². The van der Waals surface area contributed by atoms with E-state index in [-0.39, 0.29) is 10.3 Å². The fourth-order valence-electron chi connectivity index (χ4n) is 1.78. The number of halogens is 5. The number of benzene rings is 1. The van der Waals surface area contributed by atoms with Crippen LogP contribution in [0, 0.1) is 0 Å². The molecule has 8 heteroatoms. The average molecular weight is 324 g/mol. The van der Waals surface area contributed by atoms with Crippen LogP contribution in [0.2, 0.25) is 10.3 Å². The van der Waals surface area contributed by atoms with Crippen molar-refractivity contribution in [3.05, 3.63) is 39.9 Å². The second kappa shape index (κ2) is 5.61. The molecule has 0 aliphatic carbocycles. The lowest BCUT2D eigenvalue weighted by Gasteiger charge is -2.12. The fourth-order valence-corrected chi connectivity index (χ4v) is 2.27. The number of aromatic nitrogens is 3. The van der Waals surface area contributed by atoms with Crippen molar-refractivity contribution < 1.29 is 13.2 Å². The summed E-state index contributed by atoms with van der Waals surface area (Å²) in [4.78, 5) is 0. The molecule has 1 aromatic heterocycles. The van der Waals surface area contributed by atoms with Crippen LogP contribution in [-0.4, -0.2) is 14.8 Å². The van der Waals surface area contributed by atoms with E-state index in [1.807, 2.05) is 6.92 Å². The largest absolute Gasteiger partial charge is 0.416 e. The Kier molecular flexibility index (Phi) is 4.25. The van der Waals surface area contributed by atoms with Gasteiger partial charge in [-0.15, -0.1) is 10.2 Å². The Labute approximate surface area is 123 Å². The molecule has 1 aromatic carbocycles. The number of hydrogen-bond acceptors (Lipinski definition) is 2. The van der Waals surface area contributed by atoms with Gasteiger partial charge < -0.3 is 0 Å². The van der Waals surface area contributed by atoms with Crippen molar-refractivity contribution in [3.63, 3.8) is 0 Å². The van der Waals surface area contributed by atoms with Crippen LogP contribution < -0.4 is 0 Å². The monoisotopic (exact) mass is 323 g/mol. The molecule has 2 rings (SSSR count). The molecular formula is C12H10Cl2F3N3. The Morgan fingerprint density at radius 1 is 1.20 bits per heavy atom. The zero-order valence-electron chi connectivity index (χ0n) is 10.4. The summed E-state index contributed by atoms with van der Waals surface area (Å²) in [5.41, 5.74) is -0.481. The summed E-state index contributed by atoms with van der Waals surface area (Å²) in [7, 11) is 0. The molecule has 0 aliphatic rings. The van der Waals surface area contributed by atoms with Gasteiger partial charge in [-0.25, -0.2) is 0 Å². The molecule has 20 heavy (non-hydrogen) atoms. The number of hydrogen-bond donors (Lipinski definition) is 0. The average Bonchev–Trinajstić information content (AvgIpc) is 2.70. The number of alkyl halides is 3. The van der Waals surface area contributed by atoms with Crippen molar-refractivity contribution in [1.29, 1.82) is 0 Å². The van der Waals surface area contributed by atoms with Gasteiger partial charge >= 0.3 is 6.18 Å². The highest BCUT2D eigenvalue weighted by molar-refractivity contribution is 6.33. The van der Waals surface area contributed by atoms with E-state index >= 15 is 0 Å². The van der Waals surface area contributed by atoms with Gasteiger partial charge in [0.05, 0.1) is 16.3 Å². The summed E-state index contributed by atoms with van der Waals surface area (Å²) in [6.07, 6.45) is -3.05. The molecule has 1 heterocycles. The molecule has 0 fully saturated rings.